The molecule has 8 nitrogen and oxygen atoms in total. The number of hydrogen-bond acceptors (Lipinski definition) is 5. The fraction of sp³-hybridized carbons (Fsp3) is 0.0625. The van der Waals surface area contributed by atoms with Crippen LogP contribution in [0.5, 0.6) is 0 Å². The van der Waals surface area contributed by atoms with E-state index in [9.17, 15) is 36.1 Å². The lowest BCUT2D eigenvalue weighted by Crippen LogP contribution is -2.14. The number of sulfonamides is 1. The van der Waals surface area contributed by atoms with Gasteiger partial charge in [0.1, 0.15) is 0 Å². The second kappa shape index (κ2) is 7.50. The maximum absolute atomic E-state index is 13.7. The number of halogens is 4. The van der Waals surface area contributed by atoms with Crippen LogP contribution >= 0.6 is 0 Å². The predicted octanol–water partition coefficient (Wildman–Crippen LogP) is 3.20. The number of hydrogen-bond donors (Lipinski definition) is 1. The van der Waals surface area contributed by atoms with E-state index in [-0.39, 0.29) is 22.5 Å². The molecule has 0 aliphatic rings. The molecule has 0 aliphatic carbocycles. The quantitative estimate of drug-likeness (QED) is 0.280. The minimum Gasteiger partial charge on any atom is -0.266 e. The van der Waals surface area contributed by atoms with Gasteiger partial charge in [-0.05, 0) is 12.1 Å². The van der Waals surface area contributed by atoms with Crippen LogP contribution in [0.3, 0.4) is 0 Å². The molecule has 0 bridgehead atoms. The molecule has 0 fully saturated rings. The monoisotopic (exact) mass is 430 g/mol. The van der Waals surface area contributed by atoms with Gasteiger partial charge in [-0.3, -0.25) is 19.5 Å². The average molecular weight is 430 g/mol. The number of nitrogens with zero attached hydrogens (tertiary/aromatic N) is 3. The molecule has 0 spiro atoms. The Labute approximate surface area is 160 Å². The lowest BCUT2D eigenvalue weighted by Gasteiger charge is -2.08. The maximum Gasteiger partial charge on any atom is 0.269 e. The molecule has 29 heavy (non-hydrogen) atoms. The summed E-state index contributed by atoms with van der Waals surface area (Å²) in [5.74, 6) is -6.59. The molecular weight excluding hydrogens is 420 g/mol. The first-order valence-electron chi connectivity index (χ1n) is 7.71. The molecule has 0 amide bonds. The van der Waals surface area contributed by atoms with Crippen LogP contribution in [-0.2, 0) is 16.6 Å². The summed E-state index contributed by atoms with van der Waals surface area (Å²) >= 11 is 0. The van der Waals surface area contributed by atoms with Gasteiger partial charge < -0.3 is 0 Å². The molecule has 1 N–H and O–H groups in total. The Balaban J connectivity index is 1.81. The number of nitro benzene ring substituents is 1. The van der Waals surface area contributed by atoms with E-state index in [2.05, 4.69) is 9.82 Å². The highest BCUT2D eigenvalue weighted by Crippen LogP contribution is 2.21. The summed E-state index contributed by atoms with van der Waals surface area (Å²) in [6, 6.07) is 5.24. The molecule has 1 aromatic heterocycles. The zero-order valence-corrected chi connectivity index (χ0v) is 15.0. The van der Waals surface area contributed by atoms with Gasteiger partial charge in [-0.25, -0.2) is 26.0 Å². The number of benzene rings is 2. The SMILES string of the molecule is O=[N+]([O-])c1ccc(S(=O)(=O)Nc2ccn(Cc3c(F)c(F)cc(F)c3F)n2)cc1. The van der Waals surface area contributed by atoms with Crippen LogP contribution < -0.4 is 4.72 Å². The molecule has 152 valence electrons. The van der Waals surface area contributed by atoms with E-state index in [0.717, 1.165) is 41.2 Å². The number of aromatic nitrogens is 2. The summed E-state index contributed by atoms with van der Waals surface area (Å²) in [6.45, 7) is -0.703. The van der Waals surface area contributed by atoms with Crippen LogP contribution in [0.4, 0.5) is 29.1 Å². The Hall–Kier alpha value is -3.48. The van der Waals surface area contributed by atoms with E-state index in [0.29, 0.717) is 0 Å². The van der Waals surface area contributed by atoms with E-state index < -0.39 is 50.3 Å². The molecule has 3 aromatic rings. The van der Waals surface area contributed by atoms with Gasteiger partial charge in [-0.1, -0.05) is 0 Å². The van der Waals surface area contributed by atoms with Crippen molar-refractivity contribution in [3.63, 3.8) is 0 Å². The van der Waals surface area contributed by atoms with Crippen molar-refractivity contribution in [2.45, 2.75) is 11.4 Å². The summed E-state index contributed by atoms with van der Waals surface area (Å²) < 4.78 is 81.6. The van der Waals surface area contributed by atoms with Crippen LogP contribution in [0, 0.1) is 33.4 Å². The van der Waals surface area contributed by atoms with Crippen molar-refractivity contribution in [1.29, 1.82) is 0 Å². The molecule has 0 atom stereocenters. The van der Waals surface area contributed by atoms with Gasteiger partial charge in [0.15, 0.2) is 29.1 Å². The summed E-state index contributed by atoms with van der Waals surface area (Å²) in [6.07, 6.45) is 1.13. The normalized spacial score (nSPS) is 11.4. The molecule has 2 aromatic carbocycles. The predicted molar refractivity (Wildman–Crippen MR) is 91.5 cm³/mol. The van der Waals surface area contributed by atoms with Gasteiger partial charge in [-0.15, -0.1) is 0 Å². The Morgan fingerprint density at radius 1 is 1.03 bits per heavy atom. The highest BCUT2D eigenvalue weighted by molar-refractivity contribution is 7.92. The van der Waals surface area contributed by atoms with Gasteiger partial charge in [-0.2, -0.15) is 5.10 Å². The van der Waals surface area contributed by atoms with Crippen molar-refractivity contribution < 1.29 is 30.9 Å². The van der Waals surface area contributed by atoms with Crippen molar-refractivity contribution in [3.8, 4) is 0 Å². The van der Waals surface area contributed by atoms with Crippen molar-refractivity contribution in [3.05, 3.63) is 81.5 Å². The smallest absolute Gasteiger partial charge is 0.266 e. The fourth-order valence-electron chi connectivity index (χ4n) is 2.37. The van der Waals surface area contributed by atoms with Crippen LogP contribution in [0.15, 0.2) is 47.5 Å². The Morgan fingerprint density at radius 2 is 1.62 bits per heavy atom. The maximum atomic E-state index is 13.7. The van der Waals surface area contributed by atoms with E-state index >= 15 is 0 Å². The van der Waals surface area contributed by atoms with Crippen molar-refractivity contribution >= 4 is 21.5 Å². The molecular formula is C16H10F4N4O4S. The van der Waals surface area contributed by atoms with Gasteiger partial charge in [0.2, 0.25) is 0 Å². The third kappa shape index (κ3) is 4.18. The lowest BCUT2D eigenvalue weighted by atomic mass is 10.2. The summed E-state index contributed by atoms with van der Waals surface area (Å²) in [4.78, 5) is 9.64. The van der Waals surface area contributed by atoms with Gasteiger partial charge in [0.25, 0.3) is 15.7 Å². The molecule has 0 saturated heterocycles. The topological polar surface area (TPSA) is 107 Å². The highest BCUT2D eigenvalue weighted by Gasteiger charge is 2.21. The lowest BCUT2D eigenvalue weighted by molar-refractivity contribution is -0.384. The fourth-order valence-corrected chi connectivity index (χ4v) is 3.37. The molecule has 0 radical (unpaired) electrons. The van der Waals surface area contributed by atoms with E-state index in [1.165, 1.54) is 0 Å². The number of rotatable bonds is 6. The zero-order chi connectivity index (χ0) is 21.3. The first-order chi connectivity index (χ1) is 13.6. The minimum atomic E-state index is -4.16. The zero-order valence-electron chi connectivity index (χ0n) is 14.1. The third-order valence-corrected chi connectivity index (χ3v) is 5.13. The van der Waals surface area contributed by atoms with E-state index in [4.69, 9.17) is 0 Å². The van der Waals surface area contributed by atoms with Crippen LogP contribution in [-0.4, -0.2) is 23.1 Å². The Morgan fingerprint density at radius 3 is 2.17 bits per heavy atom. The highest BCUT2D eigenvalue weighted by atomic mass is 32.2. The minimum absolute atomic E-state index is 0.0704. The second-order valence-electron chi connectivity index (χ2n) is 5.70. The van der Waals surface area contributed by atoms with Crippen LogP contribution in [0.1, 0.15) is 5.56 Å². The molecule has 0 unspecified atom stereocenters. The molecule has 1 heterocycles. The molecule has 0 aliphatic heterocycles. The third-order valence-electron chi connectivity index (χ3n) is 3.76. The largest absolute Gasteiger partial charge is 0.269 e. The van der Waals surface area contributed by atoms with E-state index in [1.807, 2.05) is 0 Å². The van der Waals surface area contributed by atoms with E-state index in [1.54, 1.807) is 0 Å². The van der Waals surface area contributed by atoms with Crippen LogP contribution in [0.2, 0.25) is 0 Å². The number of nitrogens with one attached hydrogen (secondary N) is 1. The number of anilines is 1. The van der Waals surface area contributed by atoms with Crippen molar-refractivity contribution in [2.24, 2.45) is 0 Å². The Bertz CT molecular complexity index is 1170. The summed E-state index contributed by atoms with van der Waals surface area (Å²) in [5.41, 5.74) is -1.23. The first-order valence-corrected chi connectivity index (χ1v) is 9.19. The standard InChI is InChI=1S/C16H10F4N4O4S/c17-12-7-13(18)16(20)11(15(12)19)8-23-6-5-14(21-23)22-29(27,28)10-3-1-9(2-4-10)24(25)26/h1-7H,8H2,(H,21,22). The van der Waals surface area contributed by atoms with Crippen molar-refractivity contribution in [2.75, 3.05) is 4.72 Å². The first kappa shape index (κ1) is 20.3. The van der Waals surface area contributed by atoms with Gasteiger partial charge in [0.05, 0.1) is 21.9 Å². The number of nitro groups is 1. The summed E-state index contributed by atoms with van der Waals surface area (Å²) in [5, 5.41) is 14.4. The Kier molecular flexibility index (Phi) is 5.24. The summed E-state index contributed by atoms with van der Waals surface area (Å²) in [7, 11) is -4.16. The number of non-ortho nitro benzene ring substituents is 1. The van der Waals surface area contributed by atoms with Crippen LogP contribution in [0.25, 0.3) is 0 Å². The van der Waals surface area contributed by atoms with Gasteiger partial charge >= 0.3 is 0 Å². The molecule has 0 saturated carbocycles. The van der Waals surface area contributed by atoms with Gasteiger partial charge in [0, 0.05) is 30.5 Å². The molecule has 3 rings (SSSR count). The van der Waals surface area contributed by atoms with Crippen molar-refractivity contribution in [1.82, 2.24) is 9.78 Å². The molecule has 13 heteroatoms. The average Bonchev–Trinajstić information content (AvgIpc) is 3.10. The second-order valence-corrected chi connectivity index (χ2v) is 7.38.